The molecule has 1 N–H and O–H groups in total. The van der Waals surface area contributed by atoms with Gasteiger partial charge in [0.25, 0.3) is 0 Å². The second-order valence-corrected chi connectivity index (χ2v) is 5.69. The Morgan fingerprint density at radius 2 is 2.00 bits per heavy atom. The quantitative estimate of drug-likeness (QED) is 0.890. The Hall–Kier alpha value is -0.830. The molecule has 0 saturated heterocycles. The lowest BCUT2D eigenvalue weighted by molar-refractivity contribution is 0.0682. The largest absolute Gasteiger partial charge is 0.387 e. The van der Waals surface area contributed by atoms with Crippen LogP contribution in [0, 0.1) is 11.8 Å². The fraction of sp³-hybridized carbons (Fsp3) is 0.800. The van der Waals surface area contributed by atoms with Gasteiger partial charge in [-0.2, -0.15) is 5.10 Å². The first kappa shape index (κ1) is 13.6. The molecule has 0 aromatic carbocycles. The van der Waals surface area contributed by atoms with E-state index in [4.69, 9.17) is 0 Å². The molecule has 2 rings (SSSR count). The minimum absolute atomic E-state index is 0.328. The lowest BCUT2D eigenvalue weighted by Gasteiger charge is -2.30. The Morgan fingerprint density at radius 1 is 1.33 bits per heavy atom. The third-order valence-electron chi connectivity index (χ3n) is 4.33. The van der Waals surface area contributed by atoms with Crippen LogP contribution in [0.4, 0.5) is 0 Å². The molecule has 1 aliphatic carbocycles. The van der Waals surface area contributed by atoms with Gasteiger partial charge in [0.1, 0.15) is 0 Å². The number of aromatic nitrogens is 2. The van der Waals surface area contributed by atoms with Crippen molar-refractivity contribution in [3.8, 4) is 0 Å². The number of aliphatic hydroxyl groups excluding tert-OH is 1. The number of aryl methyl sites for hydroxylation is 2. The van der Waals surface area contributed by atoms with Crippen molar-refractivity contribution in [1.29, 1.82) is 0 Å². The fourth-order valence-corrected chi connectivity index (χ4v) is 2.99. The van der Waals surface area contributed by atoms with Crippen molar-refractivity contribution in [1.82, 2.24) is 9.78 Å². The lowest BCUT2D eigenvalue weighted by Crippen LogP contribution is -2.21. The Balaban J connectivity index is 2.12. The Bertz CT molecular complexity index is 378. The predicted octanol–water partition coefficient (Wildman–Crippen LogP) is 3.33. The molecule has 3 heteroatoms. The fourth-order valence-electron chi connectivity index (χ4n) is 2.99. The van der Waals surface area contributed by atoms with Crippen molar-refractivity contribution in [2.75, 3.05) is 0 Å². The van der Waals surface area contributed by atoms with Crippen molar-refractivity contribution >= 4 is 0 Å². The average molecular weight is 250 g/mol. The van der Waals surface area contributed by atoms with Crippen LogP contribution in [0.1, 0.15) is 63.9 Å². The zero-order chi connectivity index (χ0) is 13.1. The van der Waals surface area contributed by atoms with Crippen LogP contribution in [0.15, 0.2) is 6.07 Å². The summed E-state index contributed by atoms with van der Waals surface area (Å²) in [6, 6.07) is 2.09. The van der Waals surface area contributed by atoms with Crippen LogP contribution < -0.4 is 0 Å². The summed E-state index contributed by atoms with van der Waals surface area (Å²) in [7, 11) is 0. The van der Waals surface area contributed by atoms with Gasteiger partial charge in [0.15, 0.2) is 0 Å². The molecular weight excluding hydrogens is 224 g/mol. The molecule has 1 saturated carbocycles. The van der Waals surface area contributed by atoms with Gasteiger partial charge in [-0.05, 0) is 44.1 Å². The van der Waals surface area contributed by atoms with E-state index in [1.54, 1.807) is 0 Å². The summed E-state index contributed by atoms with van der Waals surface area (Å²) in [5, 5.41) is 15.1. The molecule has 1 aromatic heterocycles. The van der Waals surface area contributed by atoms with E-state index < -0.39 is 0 Å². The van der Waals surface area contributed by atoms with Crippen LogP contribution >= 0.6 is 0 Å². The van der Waals surface area contributed by atoms with Gasteiger partial charge < -0.3 is 5.11 Å². The molecule has 0 radical (unpaired) electrons. The van der Waals surface area contributed by atoms with Crippen LogP contribution in [0.2, 0.25) is 0 Å². The van der Waals surface area contributed by atoms with E-state index in [1.807, 2.05) is 4.68 Å². The molecule has 0 bridgehead atoms. The molecule has 18 heavy (non-hydrogen) atoms. The summed E-state index contributed by atoms with van der Waals surface area (Å²) in [6.07, 6.45) is 5.42. The maximum atomic E-state index is 10.6. The minimum Gasteiger partial charge on any atom is -0.387 e. The maximum absolute atomic E-state index is 10.6. The van der Waals surface area contributed by atoms with Gasteiger partial charge in [0.2, 0.25) is 0 Å². The van der Waals surface area contributed by atoms with Gasteiger partial charge >= 0.3 is 0 Å². The minimum atomic E-state index is -0.328. The summed E-state index contributed by atoms with van der Waals surface area (Å²) >= 11 is 0. The Kier molecular flexibility index (Phi) is 4.44. The predicted molar refractivity (Wildman–Crippen MR) is 73.4 cm³/mol. The molecule has 102 valence electrons. The number of aliphatic hydroxyl groups is 1. The molecule has 3 nitrogen and oxygen atoms in total. The molecule has 0 amide bonds. The molecule has 1 aromatic rings. The van der Waals surface area contributed by atoms with Gasteiger partial charge in [-0.25, -0.2) is 0 Å². The Labute approximate surface area is 110 Å². The van der Waals surface area contributed by atoms with E-state index in [-0.39, 0.29) is 6.10 Å². The highest BCUT2D eigenvalue weighted by molar-refractivity contribution is 5.14. The van der Waals surface area contributed by atoms with Crippen LogP contribution in [-0.4, -0.2) is 14.9 Å². The third-order valence-corrected chi connectivity index (χ3v) is 4.33. The zero-order valence-corrected chi connectivity index (χ0v) is 11.9. The summed E-state index contributed by atoms with van der Waals surface area (Å²) in [4.78, 5) is 0. The van der Waals surface area contributed by atoms with Crippen LogP contribution in [0.3, 0.4) is 0 Å². The first-order chi connectivity index (χ1) is 8.65. The smallest absolute Gasteiger partial charge is 0.0984 e. The molecule has 0 spiro atoms. The van der Waals surface area contributed by atoms with Crippen molar-refractivity contribution in [3.05, 3.63) is 17.5 Å². The highest BCUT2D eigenvalue weighted by Crippen LogP contribution is 2.36. The van der Waals surface area contributed by atoms with Crippen molar-refractivity contribution < 1.29 is 5.11 Å². The standard InChI is InChI=1S/C15H26N2O/c1-4-13-10-14(17(5-2)16-13)15(18)12-8-6-11(3)7-9-12/h10-12,15,18H,4-9H2,1-3H3. The molecule has 1 heterocycles. The summed E-state index contributed by atoms with van der Waals surface area (Å²) < 4.78 is 1.97. The molecule has 0 aliphatic heterocycles. The molecule has 1 fully saturated rings. The van der Waals surface area contributed by atoms with Crippen LogP contribution in [0.25, 0.3) is 0 Å². The summed E-state index contributed by atoms with van der Waals surface area (Å²) in [6.45, 7) is 7.36. The number of rotatable bonds is 4. The van der Waals surface area contributed by atoms with E-state index in [0.29, 0.717) is 5.92 Å². The van der Waals surface area contributed by atoms with E-state index >= 15 is 0 Å². The van der Waals surface area contributed by atoms with E-state index in [0.717, 1.165) is 43.1 Å². The van der Waals surface area contributed by atoms with Gasteiger partial charge in [0, 0.05) is 6.54 Å². The second kappa shape index (κ2) is 5.87. The Morgan fingerprint density at radius 3 is 2.56 bits per heavy atom. The monoisotopic (exact) mass is 250 g/mol. The first-order valence-corrected chi connectivity index (χ1v) is 7.40. The summed E-state index contributed by atoms with van der Waals surface area (Å²) in [5.74, 6) is 1.25. The maximum Gasteiger partial charge on any atom is 0.0984 e. The SMILES string of the molecule is CCc1cc(C(O)C2CCC(C)CC2)n(CC)n1. The number of hydrogen-bond acceptors (Lipinski definition) is 2. The first-order valence-electron chi connectivity index (χ1n) is 7.40. The third kappa shape index (κ3) is 2.77. The molecule has 1 aliphatic rings. The number of nitrogens with zero attached hydrogens (tertiary/aromatic N) is 2. The topological polar surface area (TPSA) is 38.0 Å². The molecular formula is C15H26N2O. The number of hydrogen-bond donors (Lipinski definition) is 1. The molecule has 1 atom stereocenters. The zero-order valence-electron chi connectivity index (χ0n) is 11.9. The van der Waals surface area contributed by atoms with E-state index in [1.165, 1.54) is 12.8 Å². The van der Waals surface area contributed by atoms with Crippen molar-refractivity contribution in [3.63, 3.8) is 0 Å². The van der Waals surface area contributed by atoms with E-state index in [9.17, 15) is 5.11 Å². The second-order valence-electron chi connectivity index (χ2n) is 5.69. The van der Waals surface area contributed by atoms with Gasteiger partial charge in [-0.15, -0.1) is 0 Å². The molecule has 1 unspecified atom stereocenters. The normalized spacial score (nSPS) is 26.2. The highest BCUT2D eigenvalue weighted by Gasteiger charge is 2.28. The average Bonchev–Trinajstić information content (AvgIpc) is 2.82. The van der Waals surface area contributed by atoms with Gasteiger partial charge in [-0.3, -0.25) is 4.68 Å². The van der Waals surface area contributed by atoms with E-state index in [2.05, 4.69) is 31.9 Å². The lowest BCUT2D eigenvalue weighted by atomic mass is 9.79. The van der Waals surface area contributed by atoms with Crippen molar-refractivity contribution in [2.24, 2.45) is 11.8 Å². The van der Waals surface area contributed by atoms with Gasteiger partial charge in [0.05, 0.1) is 17.5 Å². The summed E-state index contributed by atoms with van der Waals surface area (Å²) in [5.41, 5.74) is 2.11. The van der Waals surface area contributed by atoms with Gasteiger partial charge in [-0.1, -0.05) is 26.7 Å². The van der Waals surface area contributed by atoms with Crippen LogP contribution in [0.5, 0.6) is 0 Å². The van der Waals surface area contributed by atoms with Crippen molar-refractivity contribution in [2.45, 2.75) is 65.5 Å². The highest BCUT2D eigenvalue weighted by atomic mass is 16.3. The van der Waals surface area contributed by atoms with Crippen LogP contribution in [-0.2, 0) is 13.0 Å².